The van der Waals surface area contributed by atoms with Gasteiger partial charge in [-0.2, -0.15) is 0 Å². The maximum absolute atomic E-state index is 12.8. The van der Waals surface area contributed by atoms with Crippen LogP contribution in [0.3, 0.4) is 0 Å². The molecule has 0 aliphatic heterocycles. The van der Waals surface area contributed by atoms with Gasteiger partial charge >= 0.3 is 0 Å². The van der Waals surface area contributed by atoms with Crippen LogP contribution in [-0.4, -0.2) is 91.0 Å². The van der Waals surface area contributed by atoms with Crippen LogP contribution in [0.25, 0.3) is 0 Å². The number of hydrogen-bond acceptors (Lipinski definition) is 8. The fraction of sp³-hybridized carbons (Fsp3) is 0.826. The average Bonchev–Trinajstić information content (AvgIpc) is 2.76. The fourth-order valence-electron chi connectivity index (χ4n) is 3.43. The monoisotopic (exact) mass is 502 g/mol. The first-order chi connectivity index (χ1) is 16.2. The van der Waals surface area contributed by atoms with Crippen LogP contribution in [0, 0.1) is 11.8 Å². The highest BCUT2D eigenvalue weighted by molar-refractivity contribution is 5.91. The standard InChI is InChI=1S/C23H46N6O6/c1-12(2)9-16(24-7)20(32)29-19(15(6)31)23(35)27-11-26-17(10-13(3)4)21(33)28-18(14(5)30)22(34)25-8/h12-19,24,26,30-31H,9-11H2,1-8H3,(H,25,34)(H,27,35)(H,28,33)(H,29,32)/t14-,15-,16+,17+,18+,19+/m1/s1. The van der Waals surface area contributed by atoms with E-state index in [9.17, 15) is 29.4 Å². The molecule has 0 aromatic heterocycles. The molecule has 35 heavy (non-hydrogen) atoms. The third-order valence-electron chi connectivity index (χ3n) is 5.38. The van der Waals surface area contributed by atoms with Gasteiger partial charge in [-0.15, -0.1) is 0 Å². The average molecular weight is 503 g/mol. The van der Waals surface area contributed by atoms with Crippen LogP contribution in [0.4, 0.5) is 0 Å². The maximum Gasteiger partial charge on any atom is 0.246 e. The van der Waals surface area contributed by atoms with Crippen molar-refractivity contribution >= 4 is 23.6 Å². The molecule has 0 rings (SSSR count). The molecule has 12 nitrogen and oxygen atoms in total. The molecule has 0 aromatic carbocycles. The number of carbonyl (C=O) groups excluding carboxylic acids is 4. The minimum absolute atomic E-state index is 0.114. The van der Waals surface area contributed by atoms with E-state index in [1.54, 1.807) is 7.05 Å². The Morgan fingerprint density at radius 1 is 0.657 bits per heavy atom. The summed E-state index contributed by atoms with van der Waals surface area (Å²) in [6.45, 7) is 10.5. The van der Waals surface area contributed by atoms with Gasteiger partial charge in [0.1, 0.15) is 12.1 Å². The molecule has 0 radical (unpaired) electrons. The molecule has 0 aromatic rings. The quantitative estimate of drug-likeness (QED) is 0.114. The molecule has 0 saturated carbocycles. The lowest BCUT2D eigenvalue weighted by Crippen LogP contribution is -2.59. The predicted molar refractivity (Wildman–Crippen MR) is 133 cm³/mol. The van der Waals surface area contributed by atoms with Crippen molar-refractivity contribution in [2.24, 2.45) is 11.8 Å². The highest BCUT2D eigenvalue weighted by atomic mass is 16.3. The highest BCUT2D eigenvalue weighted by Crippen LogP contribution is 2.07. The number of aliphatic hydroxyl groups excluding tert-OH is 2. The number of hydrogen-bond donors (Lipinski definition) is 8. The Kier molecular flexibility index (Phi) is 15.3. The summed E-state index contributed by atoms with van der Waals surface area (Å²) in [4.78, 5) is 50.0. The van der Waals surface area contributed by atoms with Crippen molar-refractivity contribution in [3.63, 3.8) is 0 Å². The van der Waals surface area contributed by atoms with Crippen molar-refractivity contribution in [2.75, 3.05) is 20.8 Å². The van der Waals surface area contributed by atoms with Crippen molar-refractivity contribution in [2.45, 2.75) is 90.8 Å². The zero-order valence-electron chi connectivity index (χ0n) is 22.3. The molecule has 4 amide bonds. The van der Waals surface area contributed by atoms with Crippen molar-refractivity contribution in [3.8, 4) is 0 Å². The van der Waals surface area contributed by atoms with Crippen LogP contribution in [0.2, 0.25) is 0 Å². The lowest BCUT2D eigenvalue weighted by Gasteiger charge is -2.26. The number of aliphatic hydroxyl groups is 2. The van der Waals surface area contributed by atoms with Gasteiger partial charge in [-0.05, 0) is 45.6 Å². The summed E-state index contributed by atoms with van der Waals surface area (Å²) in [5.74, 6) is -1.68. The first-order valence-corrected chi connectivity index (χ1v) is 12.1. The Morgan fingerprint density at radius 3 is 1.49 bits per heavy atom. The Morgan fingerprint density at radius 2 is 1.09 bits per heavy atom. The molecule has 0 unspecified atom stereocenters. The van der Waals surface area contributed by atoms with Crippen molar-refractivity contribution in [1.82, 2.24) is 31.9 Å². The Labute approximate surface area is 208 Å². The van der Waals surface area contributed by atoms with Gasteiger partial charge in [0.05, 0.1) is 31.0 Å². The van der Waals surface area contributed by atoms with Crippen LogP contribution < -0.4 is 31.9 Å². The summed E-state index contributed by atoms with van der Waals surface area (Å²) in [6.07, 6.45) is -1.29. The summed E-state index contributed by atoms with van der Waals surface area (Å²) in [5, 5.41) is 35.8. The predicted octanol–water partition coefficient (Wildman–Crippen LogP) is -1.82. The van der Waals surface area contributed by atoms with E-state index in [0.717, 1.165) is 0 Å². The second-order valence-electron chi connectivity index (χ2n) is 9.64. The number of rotatable bonds is 16. The van der Waals surface area contributed by atoms with Crippen molar-refractivity contribution in [1.29, 1.82) is 0 Å². The van der Waals surface area contributed by atoms with Crippen LogP contribution in [0.1, 0.15) is 54.4 Å². The molecule has 0 saturated heterocycles. The third kappa shape index (κ3) is 12.3. The van der Waals surface area contributed by atoms with Crippen LogP contribution in [-0.2, 0) is 19.2 Å². The van der Waals surface area contributed by atoms with E-state index in [1.165, 1.54) is 20.9 Å². The van der Waals surface area contributed by atoms with Gasteiger partial charge in [0.2, 0.25) is 23.6 Å². The molecule has 0 bridgehead atoms. The topological polar surface area (TPSA) is 181 Å². The second-order valence-corrected chi connectivity index (χ2v) is 9.64. The zero-order chi connectivity index (χ0) is 27.3. The lowest BCUT2D eigenvalue weighted by atomic mass is 10.0. The van der Waals surface area contributed by atoms with E-state index in [-0.39, 0.29) is 18.5 Å². The van der Waals surface area contributed by atoms with E-state index < -0.39 is 60.0 Å². The third-order valence-corrected chi connectivity index (χ3v) is 5.38. The smallest absolute Gasteiger partial charge is 0.246 e. The summed E-state index contributed by atoms with van der Waals surface area (Å²) in [6, 6.07) is -3.58. The van der Waals surface area contributed by atoms with E-state index in [4.69, 9.17) is 0 Å². The number of likely N-dealkylation sites (N-methyl/N-ethyl adjacent to an activating group) is 2. The molecular weight excluding hydrogens is 456 g/mol. The maximum atomic E-state index is 12.8. The molecule has 8 N–H and O–H groups in total. The van der Waals surface area contributed by atoms with Gasteiger partial charge in [-0.3, -0.25) is 24.5 Å². The highest BCUT2D eigenvalue weighted by Gasteiger charge is 2.30. The minimum atomic E-state index is -1.18. The van der Waals surface area contributed by atoms with Gasteiger partial charge in [-0.25, -0.2) is 0 Å². The first-order valence-electron chi connectivity index (χ1n) is 12.1. The molecule has 6 atom stereocenters. The normalized spacial score (nSPS) is 16.6. The van der Waals surface area contributed by atoms with Crippen molar-refractivity contribution < 1.29 is 29.4 Å². The zero-order valence-corrected chi connectivity index (χ0v) is 22.3. The van der Waals surface area contributed by atoms with Gasteiger partial charge in [0.15, 0.2) is 0 Å². The van der Waals surface area contributed by atoms with Crippen LogP contribution in [0.5, 0.6) is 0 Å². The summed E-state index contributed by atoms with van der Waals surface area (Å²) in [7, 11) is 3.06. The minimum Gasteiger partial charge on any atom is -0.391 e. The molecule has 204 valence electrons. The molecule has 0 fully saturated rings. The Hall–Kier alpha value is -2.28. The number of amides is 4. The van der Waals surface area contributed by atoms with E-state index in [2.05, 4.69) is 31.9 Å². The summed E-state index contributed by atoms with van der Waals surface area (Å²) < 4.78 is 0. The molecule has 12 heteroatoms. The molecule has 0 aliphatic carbocycles. The van der Waals surface area contributed by atoms with Gasteiger partial charge in [0.25, 0.3) is 0 Å². The molecule has 0 spiro atoms. The van der Waals surface area contributed by atoms with E-state index >= 15 is 0 Å². The number of carbonyl (C=O) groups is 4. The summed E-state index contributed by atoms with van der Waals surface area (Å²) in [5.41, 5.74) is 0. The van der Waals surface area contributed by atoms with Crippen LogP contribution in [0.15, 0.2) is 0 Å². The molecule has 0 heterocycles. The fourth-order valence-corrected chi connectivity index (χ4v) is 3.43. The first kappa shape index (κ1) is 32.7. The Balaban J connectivity index is 5.17. The lowest BCUT2D eigenvalue weighted by molar-refractivity contribution is -0.133. The van der Waals surface area contributed by atoms with Crippen molar-refractivity contribution in [3.05, 3.63) is 0 Å². The molecular formula is C23H46N6O6. The summed E-state index contributed by atoms with van der Waals surface area (Å²) >= 11 is 0. The largest absolute Gasteiger partial charge is 0.391 e. The van der Waals surface area contributed by atoms with Crippen LogP contribution >= 0.6 is 0 Å². The van der Waals surface area contributed by atoms with E-state index in [0.29, 0.717) is 12.8 Å². The van der Waals surface area contributed by atoms with Gasteiger partial charge < -0.3 is 36.8 Å². The SMILES string of the molecule is CNC(=O)[C@@H](NC(=O)[C@H](CC(C)C)NCNC(=O)[C@@H](NC(=O)[C@H](CC(C)C)NC)[C@@H](C)O)[C@@H](C)O. The number of nitrogens with one attached hydrogen (secondary N) is 6. The molecule has 0 aliphatic rings. The second kappa shape index (κ2) is 16.4. The van der Waals surface area contributed by atoms with Gasteiger partial charge in [-0.1, -0.05) is 27.7 Å². The van der Waals surface area contributed by atoms with E-state index in [1.807, 2.05) is 27.7 Å². The van der Waals surface area contributed by atoms with Gasteiger partial charge in [0, 0.05) is 7.05 Å². The Bertz CT molecular complexity index is 685.